The van der Waals surface area contributed by atoms with Gasteiger partial charge in [0.05, 0.1) is 23.2 Å². The molecule has 0 saturated carbocycles. The molecule has 1 saturated heterocycles. The molecule has 0 aromatic carbocycles. The summed E-state index contributed by atoms with van der Waals surface area (Å²) in [6.45, 7) is 6.38. The third-order valence-electron chi connectivity index (χ3n) is 3.12. The fourth-order valence-corrected chi connectivity index (χ4v) is 3.55. The van der Waals surface area contributed by atoms with Crippen molar-refractivity contribution in [1.82, 2.24) is 0 Å². The summed E-state index contributed by atoms with van der Waals surface area (Å²) in [6.07, 6.45) is 4.85. The molecular formula is C12H24O3S. The van der Waals surface area contributed by atoms with Crippen LogP contribution in [0, 0.1) is 0 Å². The highest BCUT2D eigenvalue weighted by Crippen LogP contribution is 2.25. The lowest BCUT2D eigenvalue weighted by Crippen LogP contribution is -2.36. The van der Waals surface area contributed by atoms with Crippen molar-refractivity contribution in [2.24, 2.45) is 0 Å². The van der Waals surface area contributed by atoms with E-state index >= 15 is 0 Å². The van der Waals surface area contributed by atoms with Crippen LogP contribution in [-0.2, 0) is 14.6 Å². The van der Waals surface area contributed by atoms with Gasteiger partial charge in [0.15, 0.2) is 9.84 Å². The summed E-state index contributed by atoms with van der Waals surface area (Å²) in [5.41, 5.74) is -0.109. The first-order valence-electron chi connectivity index (χ1n) is 6.23. The zero-order valence-corrected chi connectivity index (χ0v) is 11.5. The molecule has 1 rings (SSSR count). The normalized spacial score (nSPS) is 22.2. The average Bonchev–Trinajstić information content (AvgIpc) is 2.18. The van der Waals surface area contributed by atoms with E-state index in [0.717, 1.165) is 12.8 Å². The van der Waals surface area contributed by atoms with Crippen molar-refractivity contribution in [2.45, 2.75) is 64.6 Å². The van der Waals surface area contributed by atoms with Crippen LogP contribution in [0.4, 0.5) is 0 Å². The summed E-state index contributed by atoms with van der Waals surface area (Å²) in [7, 11) is -2.77. The van der Waals surface area contributed by atoms with Gasteiger partial charge in [0.25, 0.3) is 0 Å². The SMILES string of the molecule is CCCCC(C)(C)OC1CCS(=O)(=O)CC1. The lowest BCUT2D eigenvalue weighted by molar-refractivity contribution is -0.0797. The monoisotopic (exact) mass is 248 g/mol. The molecule has 0 bridgehead atoms. The maximum absolute atomic E-state index is 11.3. The molecule has 0 unspecified atom stereocenters. The van der Waals surface area contributed by atoms with E-state index in [-0.39, 0.29) is 11.7 Å². The molecule has 0 N–H and O–H groups in total. The van der Waals surface area contributed by atoms with Crippen molar-refractivity contribution in [3.8, 4) is 0 Å². The molecule has 16 heavy (non-hydrogen) atoms. The standard InChI is InChI=1S/C12H24O3S/c1-4-5-8-12(2,3)15-11-6-9-16(13,14)10-7-11/h11H,4-10H2,1-3H3. The third kappa shape index (κ3) is 4.83. The van der Waals surface area contributed by atoms with Gasteiger partial charge >= 0.3 is 0 Å². The van der Waals surface area contributed by atoms with Crippen LogP contribution >= 0.6 is 0 Å². The molecule has 1 aliphatic rings. The van der Waals surface area contributed by atoms with Gasteiger partial charge in [-0.25, -0.2) is 8.42 Å². The van der Waals surface area contributed by atoms with Gasteiger partial charge in [0, 0.05) is 0 Å². The van der Waals surface area contributed by atoms with Crippen molar-refractivity contribution in [3.05, 3.63) is 0 Å². The van der Waals surface area contributed by atoms with Crippen molar-refractivity contribution < 1.29 is 13.2 Å². The lowest BCUT2D eigenvalue weighted by Gasteiger charge is -2.33. The van der Waals surface area contributed by atoms with Crippen molar-refractivity contribution >= 4 is 9.84 Å². The predicted molar refractivity (Wildman–Crippen MR) is 66.4 cm³/mol. The first-order chi connectivity index (χ1) is 7.35. The smallest absolute Gasteiger partial charge is 0.150 e. The van der Waals surface area contributed by atoms with Crippen LogP contribution in [0.3, 0.4) is 0 Å². The Hall–Kier alpha value is -0.0900. The zero-order chi connectivity index (χ0) is 12.2. The number of sulfone groups is 1. The molecule has 1 aliphatic heterocycles. The average molecular weight is 248 g/mol. The molecule has 0 spiro atoms. The van der Waals surface area contributed by atoms with Crippen LogP contribution < -0.4 is 0 Å². The van der Waals surface area contributed by atoms with Crippen LogP contribution in [0.5, 0.6) is 0 Å². The van der Waals surface area contributed by atoms with E-state index in [1.54, 1.807) is 0 Å². The molecule has 0 amide bonds. The van der Waals surface area contributed by atoms with E-state index < -0.39 is 9.84 Å². The largest absolute Gasteiger partial charge is 0.372 e. The number of rotatable bonds is 5. The van der Waals surface area contributed by atoms with Gasteiger partial charge in [-0.2, -0.15) is 0 Å². The Labute approximate surface area is 99.5 Å². The second-order valence-corrected chi connectivity index (χ2v) is 7.64. The minimum Gasteiger partial charge on any atom is -0.372 e. The highest BCUT2D eigenvalue weighted by molar-refractivity contribution is 7.91. The van der Waals surface area contributed by atoms with Gasteiger partial charge in [-0.15, -0.1) is 0 Å². The van der Waals surface area contributed by atoms with E-state index in [1.165, 1.54) is 6.42 Å². The quantitative estimate of drug-likeness (QED) is 0.751. The highest BCUT2D eigenvalue weighted by Gasteiger charge is 2.29. The second kappa shape index (κ2) is 5.50. The number of ether oxygens (including phenoxy) is 1. The molecule has 0 aromatic heterocycles. The Morgan fingerprint density at radius 3 is 2.31 bits per heavy atom. The molecule has 1 heterocycles. The second-order valence-electron chi connectivity index (χ2n) is 5.33. The third-order valence-corrected chi connectivity index (χ3v) is 4.84. The molecule has 96 valence electrons. The fourth-order valence-electron chi connectivity index (χ4n) is 2.10. The molecule has 3 nitrogen and oxygen atoms in total. The van der Waals surface area contributed by atoms with Gasteiger partial charge in [0.2, 0.25) is 0 Å². The summed E-state index contributed by atoms with van der Waals surface area (Å²) in [5.74, 6) is 0.586. The van der Waals surface area contributed by atoms with Crippen LogP contribution in [0.15, 0.2) is 0 Å². The Bertz CT molecular complexity index is 292. The fraction of sp³-hybridized carbons (Fsp3) is 1.00. The highest BCUT2D eigenvalue weighted by atomic mass is 32.2. The topological polar surface area (TPSA) is 43.4 Å². The first-order valence-corrected chi connectivity index (χ1v) is 8.05. The zero-order valence-electron chi connectivity index (χ0n) is 10.7. The lowest BCUT2D eigenvalue weighted by atomic mass is 10.0. The van der Waals surface area contributed by atoms with E-state index in [2.05, 4.69) is 20.8 Å². The predicted octanol–water partition coefficient (Wildman–Crippen LogP) is 2.55. The van der Waals surface area contributed by atoms with Crippen molar-refractivity contribution in [1.29, 1.82) is 0 Å². The van der Waals surface area contributed by atoms with Crippen LogP contribution in [-0.4, -0.2) is 31.6 Å². The van der Waals surface area contributed by atoms with E-state index in [1.807, 2.05) is 0 Å². The summed E-state index contributed by atoms with van der Waals surface area (Å²) in [6, 6.07) is 0. The Balaban J connectivity index is 2.38. The van der Waals surface area contributed by atoms with E-state index in [4.69, 9.17) is 4.74 Å². The van der Waals surface area contributed by atoms with Gasteiger partial charge in [-0.3, -0.25) is 0 Å². The Morgan fingerprint density at radius 1 is 1.25 bits per heavy atom. The maximum atomic E-state index is 11.3. The summed E-state index contributed by atoms with van der Waals surface area (Å²) >= 11 is 0. The van der Waals surface area contributed by atoms with Crippen molar-refractivity contribution in [3.63, 3.8) is 0 Å². The number of unbranched alkanes of at least 4 members (excludes halogenated alkanes) is 1. The molecule has 0 radical (unpaired) electrons. The summed E-state index contributed by atoms with van der Waals surface area (Å²) in [5, 5.41) is 0. The molecule has 1 fully saturated rings. The summed E-state index contributed by atoms with van der Waals surface area (Å²) < 4.78 is 28.6. The van der Waals surface area contributed by atoms with Crippen molar-refractivity contribution in [2.75, 3.05) is 11.5 Å². The Kier molecular flexibility index (Phi) is 4.80. The van der Waals surface area contributed by atoms with Gasteiger partial charge in [-0.05, 0) is 33.1 Å². The van der Waals surface area contributed by atoms with Gasteiger partial charge in [0.1, 0.15) is 0 Å². The van der Waals surface area contributed by atoms with E-state index in [0.29, 0.717) is 24.3 Å². The van der Waals surface area contributed by atoms with E-state index in [9.17, 15) is 8.42 Å². The molecule has 0 aliphatic carbocycles. The van der Waals surface area contributed by atoms with Crippen LogP contribution in [0.2, 0.25) is 0 Å². The maximum Gasteiger partial charge on any atom is 0.150 e. The minimum atomic E-state index is -2.77. The first kappa shape index (κ1) is 14.0. The molecule has 4 heteroatoms. The summed E-state index contributed by atoms with van der Waals surface area (Å²) in [4.78, 5) is 0. The minimum absolute atomic E-state index is 0.109. The molecular weight excluding hydrogens is 224 g/mol. The number of hydrogen-bond donors (Lipinski definition) is 0. The molecule has 0 aromatic rings. The number of hydrogen-bond acceptors (Lipinski definition) is 3. The van der Waals surface area contributed by atoms with Gasteiger partial charge in [-0.1, -0.05) is 19.8 Å². The van der Waals surface area contributed by atoms with Gasteiger partial charge < -0.3 is 4.74 Å². The van der Waals surface area contributed by atoms with Crippen LogP contribution in [0.1, 0.15) is 52.9 Å². The molecule has 0 atom stereocenters. The Morgan fingerprint density at radius 2 is 1.81 bits per heavy atom. The van der Waals surface area contributed by atoms with Crippen LogP contribution in [0.25, 0.3) is 0 Å².